The molecule has 0 bridgehead atoms. The zero-order valence-electron chi connectivity index (χ0n) is 7.27. The van der Waals surface area contributed by atoms with Gasteiger partial charge in [-0.05, 0) is 31.0 Å². The second-order valence-electron chi connectivity index (χ2n) is 2.83. The van der Waals surface area contributed by atoms with Crippen molar-refractivity contribution in [1.29, 1.82) is 0 Å². The summed E-state index contributed by atoms with van der Waals surface area (Å²) in [4.78, 5) is -0.449. The Hall–Kier alpha value is -1.07. The molecule has 1 aromatic rings. The smallest absolute Gasteiger partial charge is 0.298 e. The van der Waals surface area contributed by atoms with Crippen LogP contribution in [0.1, 0.15) is 11.1 Å². The third kappa shape index (κ3) is 1.81. The lowest BCUT2D eigenvalue weighted by molar-refractivity contribution is 0.439. The topological polar surface area (TPSA) is 74.6 Å². The van der Waals surface area contributed by atoms with Crippen LogP contribution in [-0.2, 0) is 10.1 Å². The lowest BCUT2D eigenvalue weighted by atomic mass is 10.1. The van der Waals surface area contributed by atoms with Gasteiger partial charge in [-0.1, -0.05) is 6.07 Å². The highest BCUT2D eigenvalue weighted by Crippen LogP contribution is 2.28. The maximum atomic E-state index is 10.7. The molecule has 13 heavy (non-hydrogen) atoms. The van der Waals surface area contributed by atoms with Crippen LogP contribution in [0.3, 0.4) is 0 Å². The molecule has 1 aromatic carbocycles. The highest BCUT2D eigenvalue weighted by molar-refractivity contribution is 7.86. The van der Waals surface area contributed by atoms with Gasteiger partial charge in [-0.15, -0.1) is 0 Å². The summed E-state index contributed by atoms with van der Waals surface area (Å²) >= 11 is 0. The molecule has 1 rings (SSSR count). The van der Waals surface area contributed by atoms with Gasteiger partial charge in [-0.3, -0.25) is 4.55 Å². The van der Waals surface area contributed by atoms with Gasteiger partial charge < -0.3 is 5.11 Å². The third-order valence-electron chi connectivity index (χ3n) is 1.94. The van der Waals surface area contributed by atoms with Crippen molar-refractivity contribution in [2.45, 2.75) is 18.7 Å². The van der Waals surface area contributed by atoms with E-state index < -0.39 is 15.0 Å². The van der Waals surface area contributed by atoms with Gasteiger partial charge >= 0.3 is 0 Å². The van der Waals surface area contributed by atoms with Crippen LogP contribution in [0.5, 0.6) is 5.75 Å². The normalized spacial score (nSPS) is 11.6. The first kappa shape index (κ1) is 10.0. The van der Waals surface area contributed by atoms with E-state index in [0.717, 1.165) is 5.56 Å². The molecule has 0 heterocycles. The monoisotopic (exact) mass is 202 g/mol. The second-order valence-corrected chi connectivity index (χ2v) is 4.22. The van der Waals surface area contributed by atoms with Crippen molar-refractivity contribution >= 4 is 10.1 Å². The van der Waals surface area contributed by atoms with Crippen LogP contribution < -0.4 is 0 Å². The van der Waals surface area contributed by atoms with E-state index >= 15 is 0 Å². The van der Waals surface area contributed by atoms with Crippen molar-refractivity contribution in [3.05, 3.63) is 23.3 Å². The highest BCUT2D eigenvalue weighted by atomic mass is 32.2. The maximum Gasteiger partial charge on any atom is 0.298 e. The van der Waals surface area contributed by atoms with Gasteiger partial charge in [0.25, 0.3) is 10.1 Å². The fraction of sp³-hybridized carbons (Fsp3) is 0.250. The molecule has 72 valence electrons. The number of hydrogen-bond donors (Lipinski definition) is 2. The zero-order valence-corrected chi connectivity index (χ0v) is 8.09. The van der Waals surface area contributed by atoms with Crippen LogP contribution in [-0.4, -0.2) is 18.1 Å². The Balaban J connectivity index is 3.53. The van der Waals surface area contributed by atoms with Crippen molar-refractivity contribution in [2.75, 3.05) is 0 Å². The van der Waals surface area contributed by atoms with Crippen molar-refractivity contribution < 1.29 is 18.1 Å². The Morgan fingerprint density at radius 3 is 2.23 bits per heavy atom. The van der Waals surface area contributed by atoms with E-state index in [9.17, 15) is 13.5 Å². The molecule has 5 heteroatoms. The maximum absolute atomic E-state index is 10.7. The first-order valence-corrected chi connectivity index (χ1v) is 5.04. The molecule has 0 aliphatic heterocycles. The molecule has 0 aromatic heterocycles. The first-order valence-electron chi connectivity index (χ1n) is 3.60. The molecule has 0 saturated carbocycles. The van der Waals surface area contributed by atoms with E-state index in [0.29, 0.717) is 5.56 Å². The summed E-state index contributed by atoms with van der Waals surface area (Å²) in [7, 11) is -4.32. The van der Waals surface area contributed by atoms with Crippen LogP contribution in [0.2, 0.25) is 0 Å². The Labute approximate surface area is 76.6 Å². The van der Waals surface area contributed by atoms with Crippen LogP contribution in [0.25, 0.3) is 0 Å². The van der Waals surface area contributed by atoms with Gasteiger partial charge in [0.05, 0.1) is 0 Å². The summed E-state index contributed by atoms with van der Waals surface area (Å²) < 4.78 is 30.1. The molecule has 0 atom stereocenters. The largest absolute Gasteiger partial charge is 0.506 e. The van der Waals surface area contributed by atoms with E-state index in [1.165, 1.54) is 12.1 Å². The summed E-state index contributed by atoms with van der Waals surface area (Å²) in [5, 5.41) is 9.37. The fourth-order valence-electron chi connectivity index (χ4n) is 0.984. The number of benzene rings is 1. The van der Waals surface area contributed by atoms with Gasteiger partial charge in [-0.25, -0.2) is 0 Å². The number of aryl methyl sites for hydroxylation is 1. The van der Waals surface area contributed by atoms with E-state index in [-0.39, 0.29) is 5.75 Å². The predicted molar refractivity (Wildman–Crippen MR) is 47.4 cm³/mol. The predicted octanol–water partition coefficient (Wildman–Crippen LogP) is 1.26. The molecule has 0 radical (unpaired) electrons. The average molecular weight is 202 g/mol. The Bertz CT molecular complexity index is 434. The number of aromatic hydroxyl groups is 1. The molecule has 2 N–H and O–H groups in total. The summed E-state index contributed by atoms with van der Waals surface area (Å²) in [6, 6.07) is 2.70. The van der Waals surface area contributed by atoms with Crippen LogP contribution >= 0.6 is 0 Å². The van der Waals surface area contributed by atoms with E-state index in [1.807, 2.05) is 0 Å². The molecule has 0 aliphatic rings. The van der Waals surface area contributed by atoms with Crippen molar-refractivity contribution in [3.63, 3.8) is 0 Å². The standard InChI is InChI=1S/C8H10O4S/c1-5-3-4-7(13(10,11)12)8(9)6(5)2/h3-4,9H,1-2H3,(H,10,11,12). The number of hydrogen-bond acceptors (Lipinski definition) is 3. The zero-order chi connectivity index (χ0) is 10.2. The van der Waals surface area contributed by atoms with E-state index in [4.69, 9.17) is 4.55 Å². The van der Waals surface area contributed by atoms with E-state index in [2.05, 4.69) is 0 Å². The van der Waals surface area contributed by atoms with Crippen molar-refractivity contribution in [2.24, 2.45) is 0 Å². The number of phenols is 1. The average Bonchev–Trinajstić information content (AvgIpc) is 1.98. The molecule has 0 saturated heterocycles. The van der Waals surface area contributed by atoms with Crippen molar-refractivity contribution in [1.82, 2.24) is 0 Å². The van der Waals surface area contributed by atoms with Crippen molar-refractivity contribution in [3.8, 4) is 5.75 Å². The minimum atomic E-state index is -4.32. The second kappa shape index (κ2) is 3.01. The van der Waals surface area contributed by atoms with Gasteiger partial charge in [0.1, 0.15) is 10.6 Å². The molecule has 4 nitrogen and oxygen atoms in total. The van der Waals surface area contributed by atoms with Gasteiger partial charge in [0, 0.05) is 0 Å². The summed E-state index contributed by atoms with van der Waals surface area (Å²) in [6.07, 6.45) is 0. The highest BCUT2D eigenvalue weighted by Gasteiger charge is 2.17. The van der Waals surface area contributed by atoms with Gasteiger partial charge in [-0.2, -0.15) is 8.42 Å². The molecule has 0 fully saturated rings. The minimum absolute atomic E-state index is 0.387. The van der Waals surface area contributed by atoms with Gasteiger partial charge in [0.15, 0.2) is 0 Å². The molecule has 0 spiro atoms. The Morgan fingerprint density at radius 1 is 1.23 bits per heavy atom. The van der Waals surface area contributed by atoms with Gasteiger partial charge in [0.2, 0.25) is 0 Å². The van der Waals surface area contributed by atoms with E-state index in [1.54, 1.807) is 13.8 Å². The van der Waals surface area contributed by atoms with Crippen LogP contribution in [0, 0.1) is 13.8 Å². The van der Waals surface area contributed by atoms with Crippen LogP contribution in [0.15, 0.2) is 17.0 Å². The quantitative estimate of drug-likeness (QED) is 0.672. The Morgan fingerprint density at radius 2 is 1.77 bits per heavy atom. The summed E-state index contributed by atoms with van der Waals surface area (Å²) in [6.45, 7) is 3.32. The number of phenolic OH excluding ortho intramolecular Hbond substituents is 1. The number of rotatable bonds is 1. The summed E-state index contributed by atoms with van der Waals surface area (Å²) in [5.41, 5.74) is 1.22. The molecular formula is C8H10O4S. The SMILES string of the molecule is Cc1ccc(S(=O)(=O)O)c(O)c1C. The first-order chi connectivity index (χ1) is 5.84. The Kier molecular flexibility index (Phi) is 2.32. The van der Waals surface area contributed by atoms with Crippen LogP contribution in [0.4, 0.5) is 0 Å². The lowest BCUT2D eigenvalue weighted by Gasteiger charge is -2.06. The summed E-state index contributed by atoms with van der Waals surface area (Å²) in [5.74, 6) is -0.387. The minimum Gasteiger partial charge on any atom is -0.506 e. The lowest BCUT2D eigenvalue weighted by Crippen LogP contribution is -2.00. The molecular weight excluding hydrogens is 192 g/mol. The molecule has 0 amide bonds. The molecule has 0 aliphatic carbocycles. The molecule has 0 unspecified atom stereocenters. The fourth-order valence-corrected chi connectivity index (χ4v) is 1.62. The third-order valence-corrected chi connectivity index (χ3v) is 2.83.